The Hall–Kier alpha value is -1.68. The third-order valence-corrected chi connectivity index (χ3v) is 3.91. The van der Waals surface area contributed by atoms with E-state index in [1.54, 1.807) is 12.4 Å². The fourth-order valence-corrected chi connectivity index (χ4v) is 2.46. The van der Waals surface area contributed by atoms with Crippen LogP contribution in [0.5, 0.6) is 0 Å². The van der Waals surface area contributed by atoms with Crippen LogP contribution in [-0.4, -0.2) is 10.9 Å². The van der Waals surface area contributed by atoms with E-state index in [9.17, 15) is 4.79 Å². The Morgan fingerprint density at radius 1 is 1.30 bits per heavy atom. The van der Waals surface area contributed by atoms with Crippen molar-refractivity contribution >= 4 is 21.8 Å². The predicted octanol–water partition coefficient (Wildman–Crippen LogP) is 3.65. The van der Waals surface area contributed by atoms with Gasteiger partial charge in [0.25, 0.3) is 0 Å². The van der Waals surface area contributed by atoms with Crippen molar-refractivity contribution in [2.75, 3.05) is 0 Å². The number of carbonyl (C=O) groups excluding carboxylic acids is 1. The molecule has 0 saturated carbocycles. The van der Waals surface area contributed by atoms with Crippen LogP contribution in [0, 0.1) is 0 Å². The molecule has 1 aromatic carbocycles. The first kappa shape index (κ1) is 14.7. The maximum absolute atomic E-state index is 12.0. The molecular formula is C16H17BrN2O. The summed E-state index contributed by atoms with van der Waals surface area (Å²) in [6.45, 7) is 1.97. The monoisotopic (exact) mass is 332 g/mol. The number of pyridine rings is 1. The zero-order valence-electron chi connectivity index (χ0n) is 11.3. The molecule has 0 saturated heterocycles. The predicted molar refractivity (Wildman–Crippen MR) is 83.3 cm³/mol. The highest BCUT2D eigenvalue weighted by Crippen LogP contribution is 2.17. The number of carbonyl (C=O) groups is 1. The van der Waals surface area contributed by atoms with Gasteiger partial charge in [-0.3, -0.25) is 9.78 Å². The average Bonchev–Trinajstić information content (AvgIpc) is 2.47. The zero-order valence-corrected chi connectivity index (χ0v) is 12.9. The van der Waals surface area contributed by atoms with Crippen molar-refractivity contribution in [2.24, 2.45) is 0 Å². The van der Waals surface area contributed by atoms with E-state index < -0.39 is 0 Å². The maximum Gasteiger partial charge on any atom is 0.220 e. The summed E-state index contributed by atoms with van der Waals surface area (Å²) in [5.74, 6) is 0.0529. The molecule has 0 spiro atoms. The molecule has 0 fully saturated rings. The summed E-state index contributed by atoms with van der Waals surface area (Å²) in [6.07, 6.45) is 4.71. The van der Waals surface area contributed by atoms with Crippen molar-refractivity contribution in [1.29, 1.82) is 0 Å². The van der Waals surface area contributed by atoms with Crippen LogP contribution in [0.15, 0.2) is 53.3 Å². The number of nitrogens with one attached hydrogen (secondary N) is 1. The van der Waals surface area contributed by atoms with Crippen LogP contribution in [0.1, 0.15) is 30.5 Å². The molecule has 0 aliphatic heterocycles. The molecule has 104 valence electrons. The van der Waals surface area contributed by atoms with Gasteiger partial charge < -0.3 is 5.32 Å². The zero-order chi connectivity index (χ0) is 14.4. The Balaban J connectivity index is 1.86. The number of nitrogens with zero attached hydrogens (tertiary/aromatic N) is 1. The Bertz CT molecular complexity index is 572. The van der Waals surface area contributed by atoms with Crippen molar-refractivity contribution in [3.8, 4) is 0 Å². The topological polar surface area (TPSA) is 42.0 Å². The number of halogens is 1. The van der Waals surface area contributed by atoms with Crippen molar-refractivity contribution in [1.82, 2.24) is 10.3 Å². The van der Waals surface area contributed by atoms with E-state index in [2.05, 4.69) is 26.2 Å². The van der Waals surface area contributed by atoms with Gasteiger partial charge in [0.1, 0.15) is 0 Å². The molecule has 1 atom stereocenters. The number of aromatic nitrogens is 1. The van der Waals surface area contributed by atoms with E-state index in [-0.39, 0.29) is 11.9 Å². The van der Waals surface area contributed by atoms with Crippen LogP contribution in [0.2, 0.25) is 0 Å². The maximum atomic E-state index is 12.0. The smallest absolute Gasteiger partial charge is 0.220 e. The molecule has 0 aliphatic carbocycles. The Morgan fingerprint density at radius 2 is 2.10 bits per heavy atom. The van der Waals surface area contributed by atoms with Gasteiger partial charge in [0.15, 0.2) is 0 Å². The summed E-state index contributed by atoms with van der Waals surface area (Å²) in [5.41, 5.74) is 2.17. The standard InChI is InChI=1S/C16H17BrN2O/c1-12(14-6-4-10-18-11-14)19-16(20)9-8-13-5-2-3-7-15(13)17/h2-7,10-12H,8-9H2,1H3,(H,19,20)/t12-/m0/s1. The molecule has 0 unspecified atom stereocenters. The van der Waals surface area contributed by atoms with Gasteiger partial charge in [-0.1, -0.05) is 40.2 Å². The fourth-order valence-electron chi connectivity index (χ4n) is 1.98. The highest BCUT2D eigenvalue weighted by molar-refractivity contribution is 9.10. The summed E-state index contributed by atoms with van der Waals surface area (Å²) in [7, 11) is 0. The van der Waals surface area contributed by atoms with E-state index in [4.69, 9.17) is 0 Å². The lowest BCUT2D eigenvalue weighted by Gasteiger charge is -2.14. The third kappa shape index (κ3) is 4.17. The molecule has 0 radical (unpaired) electrons. The lowest BCUT2D eigenvalue weighted by atomic mass is 10.1. The quantitative estimate of drug-likeness (QED) is 0.907. The number of hydrogen-bond donors (Lipinski definition) is 1. The summed E-state index contributed by atoms with van der Waals surface area (Å²) in [4.78, 5) is 16.0. The molecule has 1 amide bonds. The van der Waals surface area contributed by atoms with Crippen LogP contribution in [0.4, 0.5) is 0 Å². The summed E-state index contributed by atoms with van der Waals surface area (Å²) < 4.78 is 1.05. The summed E-state index contributed by atoms with van der Waals surface area (Å²) >= 11 is 3.49. The molecule has 1 aromatic heterocycles. The van der Waals surface area contributed by atoms with Gasteiger partial charge in [0.2, 0.25) is 5.91 Å². The van der Waals surface area contributed by atoms with Crippen molar-refractivity contribution in [3.63, 3.8) is 0 Å². The normalized spacial score (nSPS) is 11.9. The molecule has 4 heteroatoms. The fraction of sp³-hybridized carbons (Fsp3) is 0.250. The molecule has 2 aromatic rings. The van der Waals surface area contributed by atoms with Crippen LogP contribution in [0.3, 0.4) is 0 Å². The number of aryl methyl sites for hydroxylation is 1. The average molecular weight is 333 g/mol. The molecule has 1 N–H and O–H groups in total. The van der Waals surface area contributed by atoms with Gasteiger partial charge in [-0.2, -0.15) is 0 Å². The largest absolute Gasteiger partial charge is 0.350 e. The van der Waals surface area contributed by atoms with E-state index in [0.717, 1.165) is 22.0 Å². The number of hydrogen-bond acceptors (Lipinski definition) is 2. The number of amides is 1. The number of rotatable bonds is 5. The van der Waals surface area contributed by atoms with E-state index in [0.29, 0.717) is 6.42 Å². The molecule has 0 bridgehead atoms. The van der Waals surface area contributed by atoms with Gasteiger partial charge in [-0.15, -0.1) is 0 Å². The summed E-state index contributed by atoms with van der Waals surface area (Å²) in [6, 6.07) is 11.8. The minimum Gasteiger partial charge on any atom is -0.350 e. The van der Waals surface area contributed by atoms with E-state index in [1.807, 2.05) is 43.3 Å². The Morgan fingerprint density at radius 3 is 2.80 bits per heavy atom. The van der Waals surface area contributed by atoms with E-state index in [1.165, 1.54) is 0 Å². The third-order valence-electron chi connectivity index (χ3n) is 3.14. The van der Waals surface area contributed by atoms with Crippen LogP contribution < -0.4 is 5.32 Å². The first-order valence-corrected chi connectivity index (χ1v) is 7.39. The first-order chi connectivity index (χ1) is 9.66. The van der Waals surface area contributed by atoms with Gasteiger partial charge in [0.05, 0.1) is 6.04 Å². The molecule has 20 heavy (non-hydrogen) atoms. The second-order valence-electron chi connectivity index (χ2n) is 4.67. The van der Waals surface area contributed by atoms with Crippen molar-refractivity contribution in [3.05, 3.63) is 64.4 Å². The van der Waals surface area contributed by atoms with Crippen molar-refractivity contribution in [2.45, 2.75) is 25.8 Å². The highest BCUT2D eigenvalue weighted by atomic mass is 79.9. The minimum atomic E-state index is -0.0181. The molecule has 1 heterocycles. The lowest BCUT2D eigenvalue weighted by molar-refractivity contribution is -0.121. The van der Waals surface area contributed by atoms with Crippen LogP contribution >= 0.6 is 15.9 Å². The molecule has 3 nitrogen and oxygen atoms in total. The Kier molecular flexibility index (Phi) is 5.30. The van der Waals surface area contributed by atoms with E-state index >= 15 is 0 Å². The SMILES string of the molecule is C[C@H](NC(=O)CCc1ccccc1Br)c1cccnc1. The lowest BCUT2D eigenvalue weighted by Crippen LogP contribution is -2.26. The van der Waals surface area contributed by atoms with Gasteiger partial charge in [-0.25, -0.2) is 0 Å². The Labute approximate surface area is 127 Å². The van der Waals surface area contributed by atoms with Gasteiger partial charge in [0, 0.05) is 23.3 Å². The van der Waals surface area contributed by atoms with Crippen LogP contribution in [-0.2, 0) is 11.2 Å². The highest BCUT2D eigenvalue weighted by Gasteiger charge is 2.10. The second-order valence-corrected chi connectivity index (χ2v) is 5.52. The van der Waals surface area contributed by atoms with Crippen LogP contribution in [0.25, 0.3) is 0 Å². The first-order valence-electron chi connectivity index (χ1n) is 6.59. The van der Waals surface area contributed by atoms with Crippen molar-refractivity contribution < 1.29 is 4.79 Å². The minimum absolute atomic E-state index is 0.0181. The molecule has 2 rings (SSSR count). The molecule has 0 aliphatic rings. The van der Waals surface area contributed by atoms with Gasteiger partial charge in [-0.05, 0) is 36.6 Å². The molecular weight excluding hydrogens is 316 g/mol. The second kappa shape index (κ2) is 7.20. The number of benzene rings is 1. The summed E-state index contributed by atoms with van der Waals surface area (Å²) in [5, 5.41) is 2.99. The van der Waals surface area contributed by atoms with Gasteiger partial charge >= 0.3 is 0 Å².